The third-order valence-corrected chi connectivity index (χ3v) is 4.22. The van der Waals surface area contributed by atoms with Gasteiger partial charge < -0.3 is 20.5 Å². The smallest absolute Gasteiger partial charge is 0.258 e. The Morgan fingerprint density at radius 2 is 2.22 bits per heavy atom. The van der Waals surface area contributed by atoms with Gasteiger partial charge in [0.15, 0.2) is 6.61 Å². The second kappa shape index (κ2) is 7.97. The van der Waals surface area contributed by atoms with E-state index in [4.69, 9.17) is 4.74 Å². The SMILES string of the molecule is CC[C@@H](C)[C@@H](CO)NC(=O)COc1ccc2c(c1)NC(=O)CC2. The minimum atomic E-state index is -0.272. The standard InChI is InChI=1S/C17H24N2O4/c1-3-11(2)15(9-20)19-17(22)10-23-13-6-4-12-5-7-16(21)18-14(12)8-13/h4,6,8,11,15,20H,3,5,7,9-10H2,1-2H3,(H,18,21)(H,19,22)/t11-,15-/m1/s1. The van der Waals surface area contributed by atoms with Crippen LogP contribution in [-0.4, -0.2) is 36.2 Å². The molecule has 1 aromatic carbocycles. The summed E-state index contributed by atoms with van der Waals surface area (Å²) in [6.07, 6.45) is 2.08. The van der Waals surface area contributed by atoms with E-state index in [1.807, 2.05) is 19.9 Å². The number of aliphatic hydroxyl groups excluding tert-OH is 1. The minimum absolute atomic E-state index is 0.00765. The fourth-order valence-electron chi connectivity index (χ4n) is 2.49. The molecular formula is C17H24N2O4. The lowest BCUT2D eigenvalue weighted by Crippen LogP contribution is -2.43. The van der Waals surface area contributed by atoms with Crippen molar-refractivity contribution in [3.8, 4) is 5.75 Å². The van der Waals surface area contributed by atoms with Crippen molar-refractivity contribution in [2.24, 2.45) is 5.92 Å². The third-order valence-electron chi connectivity index (χ3n) is 4.22. The fourth-order valence-corrected chi connectivity index (χ4v) is 2.49. The van der Waals surface area contributed by atoms with Crippen LogP contribution in [0.3, 0.4) is 0 Å². The number of ether oxygens (including phenoxy) is 1. The number of carbonyl (C=O) groups excluding carboxylic acids is 2. The van der Waals surface area contributed by atoms with E-state index < -0.39 is 0 Å². The third kappa shape index (κ3) is 4.69. The van der Waals surface area contributed by atoms with Crippen molar-refractivity contribution < 1.29 is 19.4 Å². The van der Waals surface area contributed by atoms with Crippen LogP contribution in [0.25, 0.3) is 0 Å². The monoisotopic (exact) mass is 320 g/mol. The molecule has 0 unspecified atom stereocenters. The molecule has 0 saturated carbocycles. The zero-order chi connectivity index (χ0) is 16.8. The molecule has 0 fully saturated rings. The summed E-state index contributed by atoms with van der Waals surface area (Å²) in [4.78, 5) is 23.3. The van der Waals surface area contributed by atoms with Crippen molar-refractivity contribution in [1.29, 1.82) is 0 Å². The molecule has 2 atom stereocenters. The van der Waals surface area contributed by atoms with E-state index in [1.54, 1.807) is 12.1 Å². The van der Waals surface area contributed by atoms with Crippen LogP contribution < -0.4 is 15.4 Å². The van der Waals surface area contributed by atoms with Crippen molar-refractivity contribution in [1.82, 2.24) is 5.32 Å². The highest BCUT2D eigenvalue weighted by molar-refractivity contribution is 5.94. The lowest BCUT2D eigenvalue weighted by Gasteiger charge is -2.22. The molecule has 0 aliphatic carbocycles. The van der Waals surface area contributed by atoms with Crippen LogP contribution in [0.4, 0.5) is 5.69 Å². The molecule has 6 heteroatoms. The van der Waals surface area contributed by atoms with Crippen molar-refractivity contribution in [3.63, 3.8) is 0 Å². The first kappa shape index (κ1) is 17.3. The zero-order valence-corrected chi connectivity index (χ0v) is 13.6. The number of carbonyl (C=O) groups is 2. The average Bonchev–Trinajstić information content (AvgIpc) is 2.56. The van der Waals surface area contributed by atoms with E-state index in [1.165, 1.54) is 0 Å². The Hall–Kier alpha value is -2.08. The lowest BCUT2D eigenvalue weighted by molar-refractivity contribution is -0.124. The van der Waals surface area contributed by atoms with Crippen LogP contribution in [0.1, 0.15) is 32.3 Å². The Kier molecular flexibility index (Phi) is 5.98. The molecule has 3 N–H and O–H groups in total. The van der Waals surface area contributed by atoms with Gasteiger partial charge in [0.25, 0.3) is 5.91 Å². The maximum absolute atomic E-state index is 11.9. The molecule has 1 aliphatic heterocycles. The highest BCUT2D eigenvalue weighted by Crippen LogP contribution is 2.27. The van der Waals surface area contributed by atoms with Gasteiger partial charge in [-0.3, -0.25) is 9.59 Å². The first-order valence-electron chi connectivity index (χ1n) is 7.99. The highest BCUT2D eigenvalue weighted by Gasteiger charge is 2.18. The molecule has 0 radical (unpaired) electrons. The number of nitrogens with one attached hydrogen (secondary N) is 2. The van der Waals surface area contributed by atoms with E-state index in [2.05, 4.69) is 10.6 Å². The van der Waals surface area contributed by atoms with Crippen LogP contribution in [0.5, 0.6) is 5.75 Å². The second-order valence-corrected chi connectivity index (χ2v) is 5.90. The summed E-state index contributed by atoms with van der Waals surface area (Å²) in [6, 6.07) is 5.16. The summed E-state index contributed by atoms with van der Waals surface area (Å²) >= 11 is 0. The molecule has 0 spiro atoms. The molecule has 0 aromatic heterocycles. The van der Waals surface area contributed by atoms with Gasteiger partial charge in [0.2, 0.25) is 5.91 Å². The fraction of sp³-hybridized carbons (Fsp3) is 0.529. The number of rotatable bonds is 7. The maximum Gasteiger partial charge on any atom is 0.258 e. The van der Waals surface area contributed by atoms with E-state index in [0.29, 0.717) is 12.2 Å². The summed E-state index contributed by atoms with van der Waals surface area (Å²) in [5.41, 5.74) is 1.81. The molecule has 2 amide bonds. The summed E-state index contributed by atoms with van der Waals surface area (Å²) < 4.78 is 5.48. The average molecular weight is 320 g/mol. The number of aliphatic hydroxyl groups is 1. The zero-order valence-electron chi connectivity index (χ0n) is 13.6. The van der Waals surface area contributed by atoms with Crippen molar-refractivity contribution in [3.05, 3.63) is 23.8 Å². The number of hydrogen-bond donors (Lipinski definition) is 3. The molecule has 1 heterocycles. The second-order valence-electron chi connectivity index (χ2n) is 5.90. The minimum Gasteiger partial charge on any atom is -0.484 e. The van der Waals surface area contributed by atoms with E-state index in [0.717, 1.165) is 24.1 Å². The molecule has 126 valence electrons. The van der Waals surface area contributed by atoms with E-state index >= 15 is 0 Å². The number of benzene rings is 1. The van der Waals surface area contributed by atoms with Gasteiger partial charge in [-0.2, -0.15) is 0 Å². The first-order chi connectivity index (χ1) is 11.0. The molecule has 2 rings (SSSR count). The normalized spacial score (nSPS) is 16.0. The van der Waals surface area contributed by atoms with Crippen molar-refractivity contribution in [2.75, 3.05) is 18.5 Å². The summed E-state index contributed by atoms with van der Waals surface area (Å²) in [7, 11) is 0. The Bertz CT molecular complexity index is 574. The Labute approximate surface area is 136 Å². The number of fused-ring (bicyclic) bond motifs is 1. The van der Waals surface area contributed by atoms with Gasteiger partial charge in [0.05, 0.1) is 12.6 Å². The van der Waals surface area contributed by atoms with Gasteiger partial charge in [0.1, 0.15) is 5.75 Å². The molecule has 1 aliphatic rings. The largest absolute Gasteiger partial charge is 0.484 e. The first-order valence-corrected chi connectivity index (χ1v) is 7.99. The Morgan fingerprint density at radius 3 is 2.91 bits per heavy atom. The van der Waals surface area contributed by atoms with Crippen LogP contribution in [0.2, 0.25) is 0 Å². The molecule has 0 saturated heterocycles. The van der Waals surface area contributed by atoms with Crippen molar-refractivity contribution >= 4 is 17.5 Å². The number of aryl methyl sites for hydroxylation is 1. The van der Waals surface area contributed by atoms with Crippen LogP contribution in [0.15, 0.2) is 18.2 Å². The van der Waals surface area contributed by atoms with E-state index in [9.17, 15) is 14.7 Å². The van der Waals surface area contributed by atoms with Crippen LogP contribution in [-0.2, 0) is 16.0 Å². The van der Waals surface area contributed by atoms with Gasteiger partial charge in [-0.1, -0.05) is 26.3 Å². The Morgan fingerprint density at radius 1 is 1.43 bits per heavy atom. The number of anilines is 1. The Balaban J connectivity index is 1.89. The van der Waals surface area contributed by atoms with Crippen molar-refractivity contribution in [2.45, 2.75) is 39.2 Å². The van der Waals surface area contributed by atoms with Gasteiger partial charge in [-0.05, 0) is 24.0 Å². The maximum atomic E-state index is 11.9. The molecular weight excluding hydrogens is 296 g/mol. The van der Waals surface area contributed by atoms with Gasteiger partial charge in [0, 0.05) is 18.2 Å². The van der Waals surface area contributed by atoms with Gasteiger partial charge >= 0.3 is 0 Å². The molecule has 0 bridgehead atoms. The van der Waals surface area contributed by atoms with Crippen LogP contribution in [0, 0.1) is 5.92 Å². The summed E-state index contributed by atoms with van der Waals surface area (Å²) in [5, 5.41) is 14.9. The van der Waals surface area contributed by atoms with Gasteiger partial charge in [-0.25, -0.2) is 0 Å². The molecule has 6 nitrogen and oxygen atoms in total. The molecule has 1 aromatic rings. The quantitative estimate of drug-likeness (QED) is 0.710. The molecule has 23 heavy (non-hydrogen) atoms. The lowest BCUT2D eigenvalue weighted by atomic mass is 10.00. The predicted molar refractivity (Wildman–Crippen MR) is 87.4 cm³/mol. The topological polar surface area (TPSA) is 87.7 Å². The van der Waals surface area contributed by atoms with Crippen LogP contribution >= 0.6 is 0 Å². The number of amides is 2. The van der Waals surface area contributed by atoms with Gasteiger partial charge in [-0.15, -0.1) is 0 Å². The highest BCUT2D eigenvalue weighted by atomic mass is 16.5. The van der Waals surface area contributed by atoms with E-state index in [-0.39, 0.29) is 37.0 Å². The summed E-state index contributed by atoms with van der Waals surface area (Å²) in [6.45, 7) is 3.77. The summed E-state index contributed by atoms with van der Waals surface area (Å²) in [5.74, 6) is 0.450. The predicted octanol–water partition coefficient (Wildman–Crippen LogP) is 1.47. The number of hydrogen-bond acceptors (Lipinski definition) is 4.